The number of aliphatic hydroxyl groups excluding tert-OH is 1. The lowest BCUT2D eigenvalue weighted by Gasteiger charge is -2.64. The van der Waals surface area contributed by atoms with Crippen LogP contribution in [0.15, 0.2) is 107 Å². The number of anilines is 2. The highest BCUT2D eigenvalue weighted by Crippen LogP contribution is 2.81. The number of carbonyl (C=O) groups is 4. The number of aliphatic hydroxyl groups is 1. The molecule has 0 radical (unpaired) electrons. The molecule has 2 amide bonds. The van der Waals surface area contributed by atoms with Crippen LogP contribution in [0, 0.1) is 27.6 Å². The summed E-state index contributed by atoms with van der Waals surface area (Å²) in [5.74, 6) is -1.84. The summed E-state index contributed by atoms with van der Waals surface area (Å²) in [4.78, 5) is 51.2. The molecule has 10 heteroatoms. The van der Waals surface area contributed by atoms with Crippen molar-refractivity contribution in [2.24, 2.45) is 27.6 Å². The molecule has 1 aliphatic heterocycles. The molecular weight excluding hydrogens is 648 g/mol. The van der Waals surface area contributed by atoms with Crippen molar-refractivity contribution in [3.05, 3.63) is 108 Å². The predicted octanol–water partition coefficient (Wildman–Crippen LogP) is 7.77. The Balaban J connectivity index is 0.000000213. The highest BCUT2D eigenvalue weighted by Gasteiger charge is 2.89. The fourth-order valence-electron chi connectivity index (χ4n) is 10.6. The Morgan fingerprint density at radius 1 is 0.902 bits per heavy atom. The van der Waals surface area contributed by atoms with Crippen LogP contribution in [0.5, 0.6) is 0 Å². The molecular formula is C41H44N2O8. The van der Waals surface area contributed by atoms with E-state index in [1.54, 1.807) is 38.5 Å². The average molecular weight is 693 g/mol. The standard InChI is InChI=1S/C28H32O7.C13H12N2O/c1-14(29)34-17-12-26(5)16(15-8-10-33-13-15)11-19-28(26,35-19)27(6)21(17)25(4)9-7-18(30)24(2,3)22(25)20(31)23(27)32;16-13(14-11-7-3-1-4-8-11)15-12-9-5-2-6-10-12/h7-10,13,16-17,19,21,31H,11-12H2,1-6H3;1-10H,(H2,14,15,16). The minimum absolute atomic E-state index is 0.0453. The van der Waals surface area contributed by atoms with Crippen molar-refractivity contribution in [1.29, 1.82) is 0 Å². The van der Waals surface area contributed by atoms with E-state index in [-0.39, 0.29) is 29.6 Å². The molecule has 266 valence electrons. The second kappa shape index (κ2) is 11.8. The van der Waals surface area contributed by atoms with Gasteiger partial charge in [0.15, 0.2) is 11.5 Å². The Bertz CT molecular complexity index is 1910. The van der Waals surface area contributed by atoms with Gasteiger partial charge in [-0.15, -0.1) is 0 Å². The molecule has 4 aliphatic carbocycles. The topological polar surface area (TPSA) is 147 Å². The number of furan rings is 1. The fourth-order valence-corrected chi connectivity index (χ4v) is 10.6. The third kappa shape index (κ3) is 4.93. The number of epoxide rings is 1. The van der Waals surface area contributed by atoms with Crippen LogP contribution in [0.3, 0.4) is 0 Å². The van der Waals surface area contributed by atoms with E-state index in [1.807, 2.05) is 80.6 Å². The van der Waals surface area contributed by atoms with Gasteiger partial charge in [-0.3, -0.25) is 14.4 Å². The first-order valence-electron chi connectivity index (χ1n) is 17.4. The maximum atomic E-state index is 14.3. The monoisotopic (exact) mass is 692 g/mol. The summed E-state index contributed by atoms with van der Waals surface area (Å²) in [5, 5.41) is 17.0. The van der Waals surface area contributed by atoms with Crippen LogP contribution in [-0.4, -0.2) is 46.5 Å². The molecule has 51 heavy (non-hydrogen) atoms. The van der Waals surface area contributed by atoms with E-state index >= 15 is 0 Å². The zero-order valence-corrected chi connectivity index (χ0v) is 29.7. The normalized spacial score (nSPS) is 35.3. The summed E-state index contributed by atoms with van der Waals surface area (Å²) in [6.07, 6.45) is 7.17. The largest absolute Gasteiger partial charge is 0.504 e. The van der Waals surface area contributed by atoms with Gasteiger partial charge in [0.05, 0.1) is 29.5 Å². The number of carbonyl (C=O) groups excluding carboxylic acids is 4. The smallest absolute Gasteiger partial charge is 0.323 e. The number of amides is 2. The molecule has 5 aliphatic rings. The summed E-state index contributed by atoms with van der Waals surface area (Å²) in [5.41, 5.74) is -1.51. The average Bonchev–Trinajstić information content (AvgIpc) is 3.44. The fraction of sp³-hybridized carbons (Fsp3) is 0.415. The zero-order chi connectivity index (χ0) is 36.6. The van der Waals surface area contributed by atoms with E-state index < -0.39 is 51.0 Å². The number of urea groups is 1. The first kappa shape index (κ1) is 34.5. The van der Waals surface area contributed by atoms with Gasteiger partial charge in [0.2, 0.25) is 5.78 Å². The highest BCUT2D eigenvalue weighted by molar-refractivity contribution is 6.06. The third-order valence-corrected chi connectivity index (χ3v) is 12.4. The number of Topliss-reactive ketones (excluding diaryl/α,β-unsaturated/α-hetero) is 1. The zero-order valence-electron chi connectivity index (χ0n) is 29.7. The molecule has 8 atom stereocenters. The van der Waals surface area contributed by atoms with Crippen molar-refractivity contribution in [2.45, 2.75) is 78.1 Å². The minimum atomic E-state index is -1.17. The summed E-state index contributed by atoms with van der Waals surface area (Å²) < 4.78 is 17.9. The van der Waals surface area contributed by atoms with E-state index in [0.29, 0.717) is 18.4 Å². The van der Waals surface area contributed by atoms with Crippen LogP contribution in [-0.2, 0) is 23.9 Å². The van der Waals surface area contributed by atoms with Gasteiger partial charge in [0, 0.05) is 35.0 Å². The van der Waals surface area contributed by atoms with Gasteiger partial charge < -0.3 is 29.6 Å². The van der Waals surface area contributed by atoms with Crippen molar-refractivity contribution in [3.63, 3.8) is 0 Å². The number of rotatable bonds is 4. The van der Waals surface area contributed by atoms with E-state index in [9.17, 15) is 24.3 Å². The third-order valence-electron chi connectivity index (χ3n) is 12.4. The van der Waals surface area contributed by atoms with Crippen molar-refractivity contribution < 1.29 is 38.2 Å². The van der Waals surface area contributed by atoms with Gasteiger partial charge in [0.1, 0.15) is 11.7 Å². The molecule has 3 N–H and O–H groups in total. The number of hydrogen-bond donors (Lipinski definition) is 3. The summed E-state index contributed by atoms with van der Waals surface area (Å²) >= 11 is 0. The number of benzene rings is 2. The molecule has 1 saturated heterocycles. The lowest BCUT2D eigenvalue weighted by atomic mass is 9.38. The molecule has 2 heterocycles. The van der Waals surface area contributed by atoms with Crippen molar-refractivity contribution >= 4 is 34.9 Å². The quantitative estimate of drug-likeness (QED) is 0.186. The predicted molar refractivity (Wildman–Crippen MR) is 190 cm³/mol. The summed E-state index contributed by atoms with van der Waals surface area (Å²) in [7, 11) is 0. The Labute approximate surface area is 297 Å². The molecule has 3 fully saturated rings. The second-order valence-electron chi connectivity index (χ2n) is 15.6. The van der Waals surface area contributed by atoms with Gasteiger partial charge in [-0.2, -0.15) is 0 Å². The Hall–Kier alpha value is -4.96. The van der Waals surface area contributed by atoms with Crippen molar-refractivity contribution in [1.82, 2.24) is 0 Å². The van der Waals surface area contributed by atoms with Gasteiger partial charge in [-0.05, 0) is 87.1 Å². The van der Waals surface area contributed by atoms with E-state index in [0.717, 1.165) is 16.9 Å². The van der Waals surface area contributed by atoms with Gasteiger partial charge >= 0.3 is 12.0 Å². The van der Waals surface area contributed by atoms with Gasteiger partial charge in [-0.25, -0.2) is 4.79 Å². The van der Waals surface area contributed by atoms with E-state index in [1.165, 1.54) is 6.92 Å². The maximum Gasteiger partial charge on any atom is 0.323 e. The Kier molecular flexibility index (Phi) is 7.98. The number of allylic oxidation sites excluding steroid dienone is 4. The van der Waals surface area contributed by atoms with Gasteiger partial charge in [-0.1, -0.05) is 56.3 Å². The number of ketones is 2. The molecule has 2 aromatic carbocycles. The lowest BCUT2D eigenvalue weighted by molar-refractivity contribution is -0.200. The van der Waals surface area contributed by atoms with Crippen LogP contribution in [0.4, 0.5) is 16.2 Å². The number of esters is 1. The van der Waals surface area contributed by atoms with Crippen LogP contribution in [0.1, 0.15) is 65.9 Å². The molecule has 10 nitrogen and oxygen atoms in total. The summed E-state index contributed by atoms with van der Waals surface area (Å²) in [6.45, 7) is 10.8. The first-order chi connectivity index (χ1) is 24.1. The molecule has 0 bridgehead atoms. The van der Waals surface area contributed by atoms with Crippen molar-refractivity contribution in [2.75, 3.05) is 10.6 Å². The highest BCUT2D eigenvalue weighted by atomic mass is 16.6. The molecule has 2 saturated carbocycles. The number of hydrogen-bond acceptors (Lipinski definition) is 8. The minimum Gasteiger partial charge on any atom is -0.504 e. The van der Waals surface area contributed by atoms with Crippen LogP contribution >= 0.6 is 0 Å². The van der Waals surface area contributed by atoms with E-state index in [2.05, 4.69) is 17.6 Å². The second-order valence-corrected chi connectivity index (χ2v) is 15.6. The van der Waals surface area contributed by atoms with Crippen LogP contribution < -0.4 is 10.6 Å². The van der Waals surface area contributed by atoms with E-state index in [4.69, 9.17) is 13.9 Å². The number of nitrogens with one attached hydrogen (secondary N) is 2. The number of para-hydroxylation sites is 2. The first-order valence-corrected chi connectivity index (χ1v) is 17.4. The number of fused-ring (bicyclic) bond motifs is 3. The molecule has 1 aromatic heterocycles. The number of ether oxygens (including phenoxy) is 2. The Morgan fingerprint density at radius 2 is 1.51 bits per heavy atom. The molecule has 8 rings (SSSR count). The molecule has 8 unspecified atom stereocenters. The van der Waals surface area contributed by atoms with Gasteiger partial charge in [0.25, 0.3) is 0 Å². The lowest BCUT2D eigenvalue weighted by Crippen LogP contribution is -2.70. The maximum absolute atomic E-state index is 14.3. The SMILES string of the molecule is CC(=O)OC1CC2(C)C(c3ccoc3)CC3OC32C2(C)C(=O)C(O)=C3C(C)(C)C(=O)C=CC3(C)C12.O=C(Nc1ccccc1)Nc1ccccc1. The van der Waals surface area contributed by atoms with Crippen LogP contribution in [0.25, 0.3) is 0 Å². The van der Waals surface area contributed by atoms with Crippen molar-refractivity contribution in [3.8, 4) is 0 Å². The Morgan fingerprint density at radius 3 is 2.06 bits per heavy atom. The summed E-state index contributed by atoms with van der Waals surface area (Å²) in [6, 6.07) is 20.4. The molecule has 1 spiro atoms. The van der Waals surface area contributed by atoms with Crippen LogP contribution in [0.2, 0.25) is 0 Å². The molecule has 3 aromatic rings.